The van der Waals surface area contributed by atoms with Gasteiger partial charge in [0.1, 0.15) is 23.8 Å². The Morgan fingerprint density at radius 3 is 2.72 bits per heavy atom. The highest BCUT2D eigenvalue weighted by Crippen LogP contribution is 2.22. The SMILES string of the molecule is Cc1nn(C)c(NC(C)c2nncn2C)c1C#N. The van der Waals surface area contributed by atoms with Crippen LogP contribution in [-0.4, -0.2) is 24.5 Å². The zero-order valence-corrected chi connectivity index (χ0v) is 10.8. The van der Waals surface area contributed by atoms with Crippen molar-refractivity contribution in [2.45, 2.75) is 19.9 Å². The van der Waals surface area contributed by atoms with Crippen molar-refractivity contribution in [1.82, 2.24) is 24.5 Å². The summed E-state index contributed by atoms with van der Waals surface area (Å²) in [6, 6.07) is 2.11. The first-order valence-corrected chi connectivity index (χ1v) is 5.58. The van der Waals surface area contributed by atoms with Gasteiger partial charge in [0.25, 0.3) is 0 Å². The van der Waals surface area contributed by atoms with Gasteiger partial charge in [0, 0.05) is 14.1 Å². The minimum absolute atomic E-state index is 0.0561. The van der Waals surface area contributed by atoms with Gasteiger partial charge in [-0.05, 0) is 13.8 Å². The summed E-state index contributed by atoms with van der Waals surface area (Å²) < 4.78 is 3.51. The summed E-state index contributed by atoms with van der Waals surface area (Å²) in [5.74, 6) is 1.50. The van der Waals surface area contributed by atoms with E-state index in [1.165, 1.54) is 0 Å². The fourth-order valence-electron chi connectivity index (χ4n) is 1.91. The predicted molar refractivity (Wildman–Crippen MR) is 65.7 cm³/mol. The van der Waals surface area contributed by atoms with Crippen molar-refractivity contribution >= 4 is 5.82 Å². The summed E-state index contributed by atoms with van der Waals surface area (Å²) in [7, 11) is 3.69. The van der Waals surface area contributed by atoms with Crippen LogP contribution in [0.2, 0.25) is 0 Å². The van der Waals surface area contributed by atoms with Crippen LogP contribution in [0.3, 0.4) is 0 Å². The lowest BCUT2D eigenvalue weighted by molar-refractivity contribution is 0.694. The highest BCUT2D eigenvalue weighted by molar-refractivity contribution is 5.55. The third kappa shape index (κ3) is 1.93. The molecule has 18 heavy (non-hydrogen) atoms. The van der Waals surface area contributed by atoms with Crippen molar-refractivity contribution in [3.05, 3.63) is 23.4 Å². The number of nitriles is 1. The molecule has 0 aliphatic carbocycles. The summed E-state index contributed by atoms with van der Waals surface area (Å²) in [5, 5.41) is 24.5. The third-order valence-corrected chi connectivity index (χ3v) is 2.82. The predicted octanol–water partition coefficient (Wildman–Crippen LogP) is 0.902. The summed E-state index contributed by atoms with van der Waals surface area (Å²) >= 11 is 0. The topological polar surface area (TPSA) is 84.3 Å². The van der Waals surface area contributed by atoms with E-state index in [0.717, 1.165) is 5.82 Å². The van der Waals surface area contributed by atoms with E-state index in [4.69, 9.17) is 5.26 Å². The first-order chi connectivity index (χ1) is 8.54. The van der Waals surface area contributed by atoms with E-state index in [-0.39, 0.29) is 6.04 Å². The largest absolute Gasteiger partial charge is 0.359 e. The molecule has 1 atom stereocenters. The number of hydrogen-bond donors (Lipinski definition) is 1. The Morgan fingerprint density at radius 1 is 1.44 bits per heavy atom. The quantitative estimate of drug-likeness (QED) is 0.868. The van der Waals surface area contributed by atoms with Crippen LogP contribution < -0.4 is 5.32 Å². The van der Waals surface area contributed by atoms with Gasteiger partial charge in [-0.3, -0.25) is 4.68 Å². The number of aromatic nitrogens is 5. The minimum Gasteiger partial charge on any atom is -0.359 e. The molecule has 2 rings (SSSR count). The molecule has 0 amide bonds. The molecule has 2 aromatic heterocycles. The third-order valence-electron chi connectivity index (χ3n) is 2.82. The van der Waals surface area contributed by atoms with Gasteiger partial charge in [-0.25, -0.2) is 0 Å². The molecule has 0 aliphatic heterocycles. The summed E-state index contributed by atoms with van der Waals surface area (Å²) in [4.78, 5) is 0. The molecule has 0 saturated carbocycles. The van der Waals surface area contributed by atoms with Crippen LogP contribution in [0.1, 0.15) is 30.0 Å². The van der Waals surface area contributed by atoms with E-state index >= 15 is 0 Å². The molecule has 0 aliphatic rings. The Hall–Kier alpha value is -2.36. The highest BCUT2D eigenvalue weighted by Gasteiger charge is 2.17. The maximum atomic E-state index is 9.13. The Bertz CT molecular complexity index is 601. The molecule has 0 spiro atoms. The normalized spacial score (nSPS) is 12.2. The lowest BCUT2D eigenvalue weighted by Gasteiger charge is -2.14. The average Bonchev–Trinajstić information content (AvgIpc) is 2.84. The van der Waals surface area contributed by atoms with E-state index in [1.54, 1.807) is 18.1 Å². The molecule has 0 aromatic carbocycles. The van der Waals surface area contributed by atoms with Crippen molar-refractivity contribution in [3.8, 4) is 6.07 Å². The molecule has 0 bridgehead atoms. The van der Waals surface area contributed by atoms with Gasteiger partial charge < -0.3 is 9.88 Å². The fourth-order valence-corrected chi connectivity index (χ4v) is 1.91. The molecule has 2 heterocycles. The Morgan fingerprint density at radius 2 is 2.17 bits per heavy atom. The molecule has 0 saturated heterocycles. The second-order valence-corrected chi connectivity index (χ2v) is 4.21. The standard InChI is InChI=1S/C11H15N7/c1-7-9(5-12)11(18(4)16-7)14-8(2)10-15-13-6-17(10)3/h6,8,14H,1-4H3. The minimum atomic E-state index is -0.0561. The van der Waals surface area contributed by atoms with Crippen LogP contribution in [0.15, 0.2) is 6.33 Å². The van der Waals surface area contributed by atoms with Crippen LogP contribution in [0.4, 0.5) is 5.82 Å². The monoisotopic (exact) mass is 245 g/mol. The van der Waals surface area contributed by atoms with Crippen molar-refractivity contribution in [2.24, 2.45) is 14.1 Å². The molecule has 7 heteroatoms. The van der Waals surface area contributed by atoms with Gasteiger partial charge in [0.05, 0.1) is 11.7 Å². The fraction of sp³-hybridized carbons (Fsp3) is 0.455. The molecule has 1 unspecified atom stereocenters. The summed E-state index contributed by atoms with van der Waals surface area (Å²) in [6.45, 7) is 3.78. The number of rotatable bonds is 3. The molecular formula is C11H15N7. The smallest absolute Gasteiger partial charge is 0.154 e. The molecular weight excluding hydrogens is 230 g/mol. The number of nitrogens with one attached hydrogen (secondary N) is 1. The van der Waals surface area contributed by atoms with E-state index in [1.807, 2.05) is 25.5 Å². The maximum Gasteiger partial charge on any atom is 0.154 e. The first-order valence-electron chi connectivity index (χ1n) is 5.58. The van der Waals surface area contributed by atoms with Crippen LogP contribution in [-0.2, 0) is 14.1 Å². The molecule has 1 N–H and O–H groups in total. The second-order valence-electron chi connectivity index (χ2n) is 4.21. The van der Waals surface area contributed by atoms with Gasteiger partial charge in [-0.2, -0.15) is 10.4 Å². The van der Waals surface area contributed by atoms with Gasteiger partial charge in [-0.1, -0.05) is 0 Å². The number of anilines is 1. The van der Waals surface area contributed by atoms with Crippen LogP contribution in [0, 0.1) is 18.3 Å². The van der Waals surface area contributed by atoms with Gasteiger partial charge in [0.2, 0.25) is 0 Å². The van der Waals surface area contributed by atoms with E-state index in [2.05, 4.69) is 26.7 Å². The molecule has 0 radical (unpaired) electrons. The highest BCUT2D eigenvalue weighted by atomic mass is 15.3. The van der Waals surface area contributed by atoms with Crippen molar-refractivity contribution in [3.63, 3.8) is 0 Å². The molecule has 0 fully saturated rings. The van der Waals surface area contributed by atoms with Crippen LogP contribution in [0.5, 0.6) is 0 Å². The van der Waals surface area contributed by atoms with E-state index in [9.17, 15) is 0 Å². The zero-order valence-electron chi connectivity index (χ0n) is 10.8. The molecule has 2 aromatic rings. The van der Waals surface area contributed by atoms with Gasteiger partial charge in [-0.15, -0.1) is 10.2 Å². The van der Waals surface area contributed by atoms with Crippen molar-refractivity contribution in [1.29, 1.82) is 5.26 Å². The van der Waals surface area contributed by atoms with E-state index in [0.29, 0.717) is 17.1 Å². The Balaban J connectivity index is 2.31. The number of aryl methyl sites for hydroxylation is 3. The summed E-state index contributed by atoms with van der Waals surface area (Å²) in [6.07, 6.45) is 1.65. The Kier molecular flexibility index (Phi) is 3.02. The second kappa shape index (κ2) is 4.49. The van der Waals surface area contributed by atoms with Crippen LogP contribution >= 0.6 is 0 Å². The van der Waals surface area contributed by atoms with Crippen molar-refractivity contribution < 1.29 is 0 Å². The number of hydrogen-bond acceptors (Lipinski definition) is 5. The van der Waals surface area contributed by atoms with Gasteiger partial charge in [0.15, 0.2) is 5.82 Å². The average molecular weight is 245 g/mol. The molecule has 7 nitrogen and oxygen atoms in total. The lowest BCUT2D eigenvalue weighted by atomic mass is 10.2. The maximum absolute atomic E-state index is 9.13. The number of nitrogens with zero attached hydrogens (tertiary/aromatic N) is 6. The van der Waals surface area contributed by atoms with Crippen LogP contribution in [0.25, 0.3) is 0 Å². The van der Waals surface area contributed by atoms with Crippen molar-refractivity contribution in [2.75, 3.05) is 5.32 Å². The summed E-state index contributed by atoms with van der Waals surface area (Å²) in [5.41, 5.74) is 1.28. The lowest BCUT2D eigenvalue weighted by Crippen LogP contribution is -2.14. The van der Waals surface area contributed by atoms with Gasteiger partial charge >= 0.3 is 0 Å². The Labute approximate surface area is 105 Å². The van der Waals surface area contributed by atoms with E-state index < -0.39 is 0 Å². The molecule has 94 valence electrons. The first kappa shape index (κ1) is 12.1. The zero-order chi connectivity index (χ0) is 13.3.